The van der Waals surface area contributed by atoms with Crippen molar-refractivity contribution >= 4 is 11.8 Å². The maximum atomic E-state index is 10.2. The average Bonchev–Trinajstić information content (AvgIpc) is 2.71. The molecule has 1 aliphatic carbocycles. The second kappa shape index (κ2) is 4.70. The van der Waals surface area contributed by atoms with Crippen LogP contribution in [-0.4, -0.2) is 22.7 Å². The van der Waals surface area contributed by atoms with Crippen molar-refractivity contribution in [3.8, 4) is 0 Å². The molecule has 1 N–H and O–H groups in total. The van der Waals surface area contributed by atoms with Crippen LogP contribution in [0, 0.1) is 11.8 Å². The van der Waals surface area contributed by atoms with Crippen LogP contribution in [-0.2, 0) is 0 Å². The Hall–Kier alpha value is 0.310. The molecule has 0 bridgehead atoms. The van der Waals surface area contributed by atoms with E-state index in [4.69, 9.17) is 0 Å². The lowest BCUT2D eigenvalue weighted by Crippen LogP contribution is -2.31. The van der Waals surface area contributed by atoms with E-state index in [9.17, 15) is 5.11 Å². The number of aliphatic hydroxyl groups is 1. The minimum atomic E-state index is 0.0234. The topological polar surface area (TPSA) is 20.2 Å². The van der Waals surface area contributed by atoms with E-state index >= 15 is 0 Å². The van der Waals surface area contributed by atoms with Crippen molar-refractivity contribution < 1.29 is 5.11 Å². The van der Waals surface area contributed by atoms with Crippen LogP contribution in [0.3, 0.4) is 0 Å². The van der Waals surface area contributed by atoms with Crippen molar-refractivity contribution in [2.45, 2.75) is 44.6 Å². The molecule has 2 fully saturated rings. The first-order valence-corrected chi connectivity index (χ1v) is 6.79. The van der Waals surface area contributed by atoms with Gasteiger partial charge in [0.05, 0.1) is 6.10 Å². The van der Waals surface area contributed by atoms with E-state index in [0.29, 0.717) is 11.8 Å². The molecule has 0 aromatic heterocycles. The zero-order chi connectivity index (χ0) is 9.10. The first-order chi connectivity index (χ1) is 6.38. The molecule has 0 radical (unpaired) electrons. The molecule has 0 aromatic rings. The molecule has 0 aromatic carbocycles. The Balaban J connectivity index is 1.83. The number of aliphatic hydroxyl groups excluding tert-OH is 1. The highest BCUT2D eigenvalue weighted by Crippen LogP contribution is 2.35. The van der Waals surface area contributed by atoms with Crippen LogP contribution in [0.1, 0.15) is 38.5 Å². The van der Waals surface area contributed by atoms with Gasteiger partial charge in [0.25, 0.3) is 0 Å². The Morgan fingerprint density at radius 3 is 2.31 bits per heavy atom. The van der Waals surface area contributed by atoms with E-state index in [-0.39, 0.29) is 6.10 Å². The fourth-order valence-corrected chi connectivity index (χ4v) is 3.92. The standard InChI is InChI=1S/C11H20OS/c12-11(9-4-1-2-5-9)10-6-3-7-13-8-10/h9-12H,1-8H2. The van der Waals surface area contributed by atoms with Crippen LogP contribution in [0.5, 0.6) is 0 Å². The Bertz CT molecular complexity index is 148. The van der Waals surface area contributed by atoms with Gasteiger partial charge in [-0.15, -0.1) is 0 Å². The first-order valence-electron chi connectivity index (χ1n) is 5.64. The summed E-state index contributed by atoms with van der Waals surface area (Å²) in [4.78, 5) is 0. The minimum Gasteiger partial charge on any atom is -0.393 e. The molecule has 0 spiro atoms. The largest absolute Gasteiger partial charge is 0.393 e. The summed E-state index contributed by atoms with van der Waals surface area (Å²) in [6.45, 7) is 0. The molecular formula is C11H20OS. The van der Waals surface area contributed by atoms with Crippen molar-refractivity contribution in [1.29, 1.82) is 0 Å². The van der Waals surface area contributed by atoms with Crippen LogP contribution in [0.4, 0.5) is 0 Å². The average molecular weight is 200 g/mol. The lowest BCUT2D eigenvalue weighted by molar-refractivity contribution is 0.0571. The Kier molecular flexibility index (Phi) is 3.56. The summed E-state index contributed by atoms with van der Waals surface area (Å²) in [7, 11) is 0. The molecule has 2 rings (SSSR count). The molecule has 1 heterocycles. The Labute approximate surface area is 85.3 Å². The maximum absolute atomic E-state index is 10.2. The van der Waals surface area contributed by atoms with Crippen LogP contribution in [0.2, 0.25) is 0 Å². The van der Waals surface area contributed by atoms with Gasteiger partial charge in [0, 0.05) is 0 Å². The third-order valence-electron chi connectivity index (χ3n) is 3.56. The monoisotopic (exact) mass is 200 g/mol. The van der Waals surface area contributed by atoms with Gasteiger partial charge in [0.2, 0.25) is 0 Å². The van der Waals surface area contributed by atoms with Crippen LogP contribution in [0.15, 0.2) is 0 Å². The molecule has 13 heavy (non-hydrogen) atoms. The fourth-order valence-electron chi connectivity index (χ4n) is 2.72. The first kappa shape index (κ1) is 9.85. The van der Waals surface area contributed by atoms with Crippen molar-refractivity contribution in [2.75, 3.05) is 11.5 Å². The summed E-state index contributed by atoms with van der Waals surface area (Å²) in [5.41, 5.74) is 0. The summed E-state index contributed by atoms with van der Waals surface area (Å²) in [6.07, 6.45) is 7.87. The fraction of sp³-hybridized carbons (Fsp3) is 1.00. The molecule has 1 nitrogen and oxygen atoms in total. The highest BCUT2D eigenvalue weighted by atomic mass is 32.2. The van der Waals surface area contributed by atoms with Gasteiger partial charge in [-0.25, -0.2) is 0 Å². The van der Waals surface area contributed by atoms with Crippen LogP contribution >= 0.6 is 11.8 Å². The van der Waals surface area contributed by atoms with E-state index in [1.807, 2.05) is 11.8 Å². The predicted octanol–water partition coefficient (Wildman–Crippen LogP) is 2.68. The van der Waals surface area contributed by atoms with Gasteiger partial charge in [-0.2, -0.15) is 11.8 Å². The molecule has 2 aliphatic rings. The number of hydrogen-bond acceptors (Lipinski definition) is 2. The summed E-state index contributed by atoms with van der Waals surface area (Å²) in [6, 6.07) is 0. The van der Waals surface area contributed by atoms with Gasteiger partial charge in [0.15, 0.2) is 0 Å². The molecule has 1 saturated carbocycles. The van der Waals surface area contributed by atoms with Crippen LogP contribution < -0.4 is 0 Å². The van der Waals surface area contributed by atoms with Gasteiger partial charge < -0.3 is 5.11 Å². The summed E-state index contributed by atoms with van der Waals surface area (Å²) < 4.78 is 0. The molecule has 2 atom stereocenters. The highest BCUT2D eigenvalue weighted by molar-refractivity contribution is 7.99. The van der Waals surface area contributed by atoms with Gasteiger partial charge in [-0.3, -0.25) is 0 Å². The number of hydrogen-bond donors (Lipinski definition) is 1. The Morgan fingerprint density at radius 2 is 1.69 bits per heavy atom. The summed E-state index contributed by atoms with van der Waals surface area (Å²) in [5, 5.41) is 10.2. The minimum absolute atomic E-state index is 0.0234. The second-order valence-electron chi connectivity index (χ2n) is 4.51. The zero-order valence-corrected chi connectivity index (χ0v) is 9.06. The third kappa shape index (κ3) is 2.41. The SMILES string of the molecule is OC(C1CCCC1)C1CCCSC1. The predicted molar refractivity (Wildman–Crippen MR) is 58.0 cm³/mol. The van der Waals surface area contributed by atoms with Gasteiger partial charge in [-0.05, 0) is 49.0 Å². The second-order valence-corrected chi connectivity index (χ2v) is 5.66. The van der Waals surface area contributed by atoms with E-state index in [1.54, 1.807) is 0 Å². The van der Waals surface area contributed by atoms with Crippen molar-refractivity contribution in [3.05, 3.63) is 0 Å². The van der Waals surface area contributed by atoms with Gasteiger partial charge >= 0.3 is 0 Å². The summed E-state index contributed by atoms with van der Waals surface area (Å²) >= 11 is 2.03. The molecule has 2 unspecified atom stereocenters. The van der Waals surface area contributed by atoms with E-state index in [0.717, 1.165) is 0 Å². The quantitative estimate of drug-likeness (QED) is 0.739. The van der Waals surface area contributed by atoms with Gasteiger partial charge in [-0.1, -0.05) is 12.8 Å². The van der Waals surface area contributed by atoms with Crippen LogP contribution in [0.25, 0.3) is 0 Å². The third-order valence-corrected chi connectivity index (χ3v) is 4.80. The van der Waals surface area contributed by atoms with Crippen molar-refractivity contribution in [3.63, 3.8) is 0 Å². The van der Waals surface area contributed by atoms with Crippen molar-refractivity contribution in [1.82, 2.24) is 0 Å². The Morgan fingerprint density at radius 1 is 1.00 bits per heavy atom. The lowest BCUT2D eigenvalue weighted by atomic mass is 9.88. The van der Waals surface area contributed by atoms with E-state index in [2.05, 4.69) is 0 Å². The molecule has 0 amide bonds. The molecular weight excluding hydrogens is 180 g/mol. The normalized spacial score (nSPS) is 33.5. The lowest BCUT2D eigenvalue weighted by Gasteiger charge is -2.30. The highest BCUT2D eigenvalue weighted by Gasteiger charge is 2.30. The summed E-state index contributed by atoms with van der Waals surface area (Å²) in [5.74, 6) is 3.77. The van der Waals surface area contributed by atoms with E-state index < -0.39 is 0 Å². The smallest absolute Gasteiger partial charge is 0.0604 e. The molecule has 1 aliphatic heterocycles. The zero-order valence-electron chi connectivity index (χ0n) is 8.24. The molecule has 2 heteroatoms. The van der Waals surface area contributed by atoms with Crippen molar-refractivity contribution in [2.24, 2.45) is 11.8 Å². The maximum Gasteiger partial charge on any atom is 0.0604 e. The van der Waals surface area contributed by atoms with Gasteiger partial charge in [0.1, 0.15) is 0 Å². The molecule has 1 saturated heterocycles. The molecule has 76 valence electrons. The van der Waals surface area contributed by atoms with E-state index in [1.165, 1.54) is 50.0 Å². The number of thioether (sulfide) groups is 1. The number of rotatable bonds is 2.